The van der Waals surface area contributed by atoms with E-state index < -0.39 is 11.6 Å². The van der Waals surface area contributed by atoms with Crippen LogP contribution in [0.4, 0.5) is 0 Å². The van der Waals surface area contributed by atoms with Gasteiger partial charge in [0.15, 0.2) is 5.82 Å². The average molecular weight is 492 g/mol. The van der Waals surface area contributed by atoms with Gasteiger partial charge in [0.1, 0.15) is 22.5 Å². The highest BCUT2D eigenvalue weighted by molar-refractivity contribution is 7.15. The van der Waals surface area contributed by atoms with E-state index in [1.54, 1.807) is 11.3 Å². The molecule has 35 heavy (non-hydrogen) atoms. The lowest BCUT2D eigenvalue weighted by atomic mass is 9.98. The quantitative estimate of drug-likeness (QED) is 0.476. The molecule has 0 fully saturated rings. The van der Waals surface area contributed by atoms with Gasteiger partial charge in [-0.3, -0.25) is 14.4 Å². The molecule has 1 aliphatic rings. The zero-order valence-electron chi connectivity index (χ0n) is 21.3. The van der Waals surface area contributed by atoms with Gasteiger partial charge >= 0.3 is 5.97 Å². The van der Waals surface area contributed by atoms with Crippen molar-refractivity contribution in [3.05, 3.63) is 69.1 Å². The number of benzene rings is 1. The van der Waals surface area contributed by atoms with Gasteiger partial charge in [-0.1, -0.05) is 36.4 Å². The molecule has 0 amide bonds. The molecule has 8 heteroatoms. The molecule has 2 aromatic heterocycles. The summed E-state index contributed by atoms with van der Waals surface area (Å²) in [5.41, 5.74) is 10.2. The second kappa shape index (κ2) is 9.87. The molecule has 3 aromatic rings. The largest absolute Gasteiger partial charge is 0.460 e. The van der Waals surface area contributed by atoms with Crippen molar-refractivity contribution < 1.29 is 9.53 Å². The number of nitrogens with zero attached hydrogens (tertiary/aromatic N) is 4. The topological polar surface area (TPSA) is 95.4 Å². The van der Waals surface area contributed by atoms with Crippen LogP contribution in [0.2, 0.25) is 0 Å². The fourth-order valence-corrected chi connectivity index (χ4v) is 5.35. The minimum Gasteiger partial charge on any atom is -0.460 e. The summed E-state index contributed by atoms with van der Waals surface area (Å²) in [6.07, 6.45) is 5.09. The molecule has 2 N–H and O–H groups in total. The van der Waals surface area contributed by atoms with Crippen LogP contribution in [0.1, 0.15) is 78.4 Å². The van der Waals surface area contributed by atoms with Gasteiger partial charge in [-0.2, -0.15) is 0 Å². The predicted molar refractivity (Wildman–Crippen MR) is 141 cm³/mol. The number of ether oxygens (including phenoxy) is 1. The second-order valence-corrected chi connectivity index (χ2v) is 11.0. The highest BCUT2D eigenvalue weighted by atomic mass is 32.1. The summed E-state index contributed by atoms with van der Waals surface area (Å²) in [6, 6.07) is 7.82. The summed E-state index contributed by atoms with van der Waals surface area (Å²) in [6.45, 7) is 12.4. The molecule has 0 aliphatic carbocycles. The molecule has 184 valence electrons. The number of aryl methyl sites for hydroxylation is 2. The van der Waals surface area contributed by atoms with Crippen molar-refractivity contribution in [1.82, 2.24) is 14.8 Å². The lowest BCUT2D eigenvalue weighted by Crippen LogP contribution is -2.25. The number of rotatable bonds is 6. The van der Waals surface area contributed by atoms with Crippen molar-refractivity contribution in [2.45, 2.75) is 66.0 Å². The van der Waals surface area contributed by atoms with E-state index >= 15 is 0 Å². The number of aliphatic imine (C=N–C) groups is 1. The minimum atomic E-state index is -0.572. The first kappa shape index (κ1) is 25.0. The first-order valence-electron chi connectivity index (χ1n) is 11.9. The Morgan fingerprint density at radius 1 is 1.17 bits per heavy atom. The standard InChI is InChI=1S/C27H33N5O2S/c1-16-17(2)35-26-23(16)24(20-12-10-19(11-13-20)9-7-8-14-28)29-21(15-22(33)34-27(4,5)6)25-31-30-18(3)32(25)26/h7,9-13,21H,8,14-15,28H2,1-6H3/b9-7+. The van der Waals surface area contributed by atoms with Crippen molar-refractivity contribution in [3.63, 3.8) is 0 Å². The summed E-state index contributed by atoms with van der Waals surface area (Å²) < 4.78 is 7.68. The molecule has 0 bridgehead atoms. The molecular formula is C27H33N5O2S. The Kier molecular flexibility index (Phi) is 7.05. The van der Waals surface area contributed by atoms with Gasteiger partial charge < -0.3 is 10.5 Å². The van der Waals surface area contributed by atoms with E-state index in [9.17, 15) is 4.79 Å². The molecule has 0 radical (unpaired) electrons. The predicted octanol–water partition coefficient (Wildman–Crippen LogP) is 5.24. The number of hydrogen-bond acceptors (Lipinski definition) is 7. The Bertz CT molecular complexity index is 1290. The maximum atomic E-state index is 12.8. The van der Waals surface area contributed by atoms with Crippen LogP contribution in [-0.2, 0) is 9.53 Å². The van der Waals surface area contributed by atoms with Crippen molar-refractivity contribution in [2.24, 2.45) is 10.7 Å². The Labute approximate surface area is 210 Å². The van der Waals surface area contributed by atoms with Crippen molar-refractivity contribution in [2.75, 3.05) is 6.54 Å². The Hall–Kier alpha value is -3.10. The van der Waals surface area contributed by atoms with Gasteiger partial charge in [0.05, 0.1) is 12.1 Å². The Morgan fingerprint density at radius 3 is 2.54 bits per heavy atom. The summed E-state index contributed by atoms with van der Waals surface area (Å²) in [4.78, 5) is 19.2. The third kappa shape index (κ3) is 5.28. The van der Waals surface area contributed by atoms with Crippen LogP contribution in [0.15, 0.2) is 35.3 Å². The number of fused-ring (bicyclic) bond motifs is 3. The number of hydrogen-bond donors (Lipinski definition) is 1. The van der Waals surface area contributed by atoms with Gasteiger partial charge in [-0.25, -0.2) is 0 Å². The van der Waals surface area contributed by atoms with Gasteiger partial charge in [0.25, 0.3) is 0 Å². The molecule has 7 nitrogen and oxygen atoms in total. The van der Waals surface area contributed by atoms with E-state index in [0.29, 0.717) is 12.4 Å². The molecule has 1 aliphatic heterocycles. The van der Waals surface area contributed by atoms with Crippen molar-refractivity contribution in [3.8, 4) is 5.00 Å². The molecule has 3 heterocycles. The fourth-order valence-electron chi connectivity index (χ4n) is 4.13. The number of nitrogens with two attached hydrogens (primary N) is 1. The molecule has 1 aromatic carbocycles. The molecule has 4 rings (SSSR count). The highest BCUT2D eigenvalue weighted by Gasteiger charge is 2.33. The van der Waals surface area contributed by atoms with Crippen LogP contribution in [0.3, 0.4) is 0 Å². The summed E-state index contributed by atoms with van der Waals surface area (Å²) in [5, 5.41) is 9.83. The van der Waals surface area contributed by atoms with Crippen LogP contribution in [0.5, 0.6) is 0 Å². The second-order valence-electron chi connectivity index (χ2n) is 9.79. The number of carbonyl (C=O) groups is 1. The highest BCUT2D eigenvalue weighted by Crippen LogP contribution is 2.39. The van der Waals surface area contributed by atoms with Crippen LogP contribution in [-0.4, -0.2) is 38.6 Å². The molecule has 0 saturated carbocycles. The SMILES string of the molecule is Cc1sc2c(c1C)C(c1ccc(/C=C/CCN)cc1)=NC(CC(=O)OC(C)(C)C)c1nnc(C)n1-2. The van der Waals surface area contributed by atoms with Gasteiger partial charge in [0, 0.05) is 16.0 Å². The zero-order chi connectivity index (χ0) is 25.3. The minimum absolute atomic E-state index is 0.0891. The Morgan fingerprint density at radius 2 is 1.89 bits per heavy atom. The lowest BCUT2D eigenvalue weighted by molar-refractivity contribution is -0.155. The average Bonchev–Trinajstić information content (AvgIpc) is 3.25. The summed E-state index contributed by atoms with van der Waals surface area (Å²) in [5.74, 6) is 1.12. The van der Waals surface area contributed by atoms with Crippen LogP contribution < -0.4 is 5.73 Å². The van der Waals surface area contributed by atoms with Gasteiger partial charge in [-0.05, 0) is 65.6 Å². The lowest BCUT2D eigenvalue weighted by Gasteiger charge is -2.21. The molecule has 1 atom stereocenters. The smallest absolute Gasteiger partial charge is 0.308 e. The summed E-state index contributed by atoms with van der Waals surface area (Å²) >= 11 is 1.70. The van der Waals surface area contributed by atoms with Gasteiger partial charge in [0.2, 0.25) is 0 Å². The molecule has 1 unspecified atom stereocenters. The van der Waals surface area contributed by atoms with E-state index in [4.69, 9.17) is 15.5 Å². The van der Waals surface area contributed by atoms with E-state index in [0.717, 1.165) is 39.6 Å². The monoisotopic (exact) mass is 491 g/mol. The van der Waals surface area contributed by atoms with Crippen LogP contribution in [0, 0.1) is 20.8 Å². The normalized spacial score (nSPS) is 15.5. The van der Waals surface area contributed by atoms with E-state index in [1.165, 1.54) is 10.4 Å². The van der Waals surface area contributed by atoms with Crippen LogP contribution >= 0.6 is 11.3 Å². The number of aromatic nitrogens is 3. The van der Waals surface area contributed by atoms with E-state index in [2.05, 4.69) is 65.0 Å². The number of esters is 1. The molecule has 0 saturated heterocycles. The molecular weight excluding hydrogens is 458 g/mol. The Balaban J connectivity index is 1.83. The first-order valence-corrected chi connectivity index (χ1v) is 12.7. The summed E-state index contributed by atoms with van der Waals surface area (Å²) in [7, 11) is 0. The van der Waals surface area contributed by atoms with Crippen molar-refractivity contribution in [1.29, 1.82) is 0 Å². The molecule has 0 spiro atoms. The van der Waals surface area contributed by atoms with Gasteiger partial charge in [-0.15, -0.1) is 21.5 Å². The van der Waals surface area contributed by atoms with E-state index in [-0.39, 0.29) is 12.4 Å². The third-order valence-corrected chi connectivity index (χ3v) is 7.04. The fraction of sp³-hybridized carbons (Fsp3) is 0.407. The maximum Gasteiger partial charge on any atom is 0.308 e. The van der Waals surface area contributed by atoms with E-state index in [1.807, 2.05) is 27.7 Å². The van der Waals surface area contributed by atoms with Crippen molar-refractivity contribution >= 4 is 29.1 Å². The van der Waals surface area contributed by atoms with Crippen LogP contribution in [0.25, 0.3) is 11.1 Å². The third-order valence-electron chi connectivity index (χ3n) is 5.85. The first-order chi connectivity index (χ1) is 16.6. The number of thiophene rings is 1. The zero-order valence-corrected chi connectivity index (χ0v) is 22.1. The maximum absolute atomic E-state index is 12.8. The number of carbonyl (C=O) groups excluding carboxylic acids is 1.